The summed E-state index contributed by atoms with van der Waals surface area (Å²) in [6.07, 6.45) is 1.95. The van der Waals surface area contributed by atoms with Gasteiger partial charge in [0.15, 0.2) is 0 Å². The van der Waals surface area contributed by atoms with Crippen LogP contribution in [0.3, 0.4) is 0 Å². The second-order valence-corrected chi connectivity index (χ2v) is 8.50. The Morgan fingerprint density at radius 2 is 1.89 bits per heavy atom. The molecule has 0 aromatic heterocycles. The van der Waals surface area contributed by atoms with E-state index >= 15 is 0 Å². The summed E-state index contributed by atoms with van der Waals surface area (Å²) in [4.78, 5) is 50.8. The van der Waals surface area contributed by atoms with Crippen LogP contribution in [0.2, 0.25) is 0 Å². The topological polar surface area (TPSA) is 110 Å². The first-order valence-electron chi connectivity index (χ1n) is 9.64. The average molecular weight is 385 g/mol. The van der Waals surface area contributed by atoms with Gasteiger partial charge in [0.25, 0.3) is 5.91 Å². The summed E-state index contributed by atoms with van der Waals surface area (Å²) in [5.41, 5.74) is 5.04. The highest BCUT2D eigenvalue weighted by Gasteiger charge is 2.64. The Balaban J connectivity index is 1.60. The van der Waals surface area contributed by atoms with E-state index in [9.17, 15) is 19.2 Å². The van der Waals surface area contributed by atoms with Gasteiger partial charge >= 0.3 is 0 Å². The van der Waals surface area contributed by atoms with Crippen LogP contribution < -0.4 is 11.1 Å². The highest BCUT2D eigenvalue weighted by molar-refractivity contribution is 6.04. The molecule has 3 N–H and O–H groups in total. The first-order valence-corrected chi connectivity index (χ1v) is 9.64. The van der Waals surface area contributed by atoms with E-state index in [0.29, 0.717) is 12.1 Å². The fraction of sp³-hybridized carbons (Fsp3) is 0.524. The standard InChI is InChI=1S/C21H27N3O4/c1-20(2)14-10-11-21(20,3)19(28)24(18(14)27)12-6-9-16(25)23-15-8-5-4-7-13(15)17(22)26/h4-5,7-8,14H,6,9-12H2,1-3H3,(H2,22,26)(H,23,25). The number of carbonyl (C=O) groups is 4. The van der Waals surface area contributed by atoms with Crippen LogP contribution in [0.25, 0.3) is 0 Å². The molecule has 2 atom stereocenters. The molecule has 150 valence electrons. The lowest BCUT2D eigenvalue weighted by molar-refractivity contribution is -0.168. The maximum absolute atomic E-state index is 13.0. The number of benzene rings is 1. The van der Waals surface area contributed by atoms with Gasteiger partial charge in [0.1, 0.15) is 0 Å². The van der Waals surface area contributed by atoms with E-state index in [4.69, 9.17) is 5.73 Å². The third kappa shape index (κ3) is 3.08. The predicted molar refractivity (Wildman–Crippen MR) is 104 cm³/mol. The minimum absolute atomic E-state index is 0.121. The van der Waals surface area contributed by atoms with E-state index in [2.05, 4.69) is 5.32 Å². The molecule has 2 bridgehead atoms. The Hall–Kier alpha value is -2.70. The van der Waals surface area contributed by atoms with Gasteiger partial charge in [0.2, 0.25) is 17.7 Å². The van der Waals surface area contributed by atoms with Crippen LogP contribution >= 0.6 is 0 Å². The zero-order valence-corrected chi connectivity index (χ0v) is 16.6. The molecule has 2 fully saturated rings. The monoisotopic (exact) mass is 385 g/mol. The summed E-state index contributed by atoms with van der Waals surface area (Å²) in [6.45, 7) is 6.18. The molecule has 0 spiro atoms. The van der Waals surface area contributed by atoms with Crippen LogP contribution in [0, 0.1) is 16.7 Å². The van der Waals surface area contributed by atoms with Crippen molar-refractivity contribution < 1.29 is 19.2 Å². The van der Waals surface area contributed by atoms with Crippen molar-refractivity contribution in [3.05, 3.63) is 29.8 Å². The summed E-state index contributed by atoms with van der Waals surface area (Å²) in [5, 5.41) is 2.67. The molecule has 7 nitrogen and oxygen atoms in total. The number of nitrogens with one attached hydrogen (secondary N) is 1. The van der Waals surface area contributed by atoms with Gasteiger partial charge in [-0.15, -0.1) is 0 Å². The van der Waals surface area contributed by atoms with Crippen molar-refractivity contribution in [3.63, 3.8) is 0 Å². The zero-order valence-electron chi connectivity index (χ0n) is 16.6. The molecule has 1 heterocycles. The number of rotatable bonds is 6. The number of imide groups is 1. The van der Waals surface area contributed by atoms with Crippen LogP contribution in [0.1, 0.15) is 56.8 Å². The number of amides is 4. The van der Waals surface area contributed by atoms with Crippen LogP contribution in [0.15, 0.2) is 24.3 Å². The Kier molecular flexibility index (Phi) is 5.04. The fourth-order valence-corrected chi connectivity index (χ4v) is 4.53. The predicted octanol–water partition coefficient (Wildman–Crippen LogP) is 2.32. The number of carbonyl (C=O) groups excluding carboxylic acids is 4. The molecule has 28 heavy (non-hydrogen) atoms. The number of hydrogen-bond acceptors (Lipinski definition) is 4. The Morgan fingerprint density at radius 3 is 2.57 bits per heavy atom. The smallest absolute Gasteiger partial charge is 0.250 e. The quantitative estimate of drug-likeness (QED) is 0.732. The molecule has 3 rings (SSSR count). The number of likely N-dealkylation sites (tertiary alicyclic amines) is 1. The first kappa shape index (κ1) is 20.0. The number of hydrogen-bond donors (Lipinski definition) is 2. The van der Waals surface area contributed by atoms with Gasteiger partial charge in [-0.05, 0) is 36.8 Å². The van der Waals surface area contributed by atoms with E-state index < -0.39 is 11.3 Å². The van der Waals surface area contributed by atoms with E-state index in [1.807, 2.05) is 20.8 Å². The molecule has 0 radical (unpaired) electrons. The third-order valence-corrected chi connectivity index (χ3v) is 6.76. The van der Waals surface area contributed by atoms with Gasteiger partial charge in [0.05, 0.1) is 16.7 Å². The molecule has 1 aliphatic heterocycles. The number of para-hydroxylation sites is 1. The minimum atomic E-state index is -0.619. The summed E-state index contributed by atoms with van der Waals surface area (Å²) < 4.78 is 0. The van der Waals surface area contributed by atoms with Crippen molar-refractivity contribution in [2.45, 2.75) is 46.5 Å². The van der Waals surface area contributed by atoms with Crippen molar-refractivity contribution >= 4 is 29.3 Å². The van der Waals surface area contributed by atoms with Crippen molar-refractivity contribution in [2.24, 2.45) is 22.5 Å². The molecule has 4 amide bonds. The van der Waals surface area contributed by atoms with Gasteiger partial charge in [-0.25, -0.2) is 0 Å². The molecule has 1 aromatic carbocycles. The Bertz CT molecular complexity index is 848. The summed E-state index contributed by atoms with van der Waals surface area (Å²) in [6, 6.07) is 6.52. The van der Waals surface area contributed by atoms with Gasteiger partial charge in [-0.3, -0.25) is 24.1 Å². The number of fused-ring (bicyclic) bond motifs is 2. The lowest BCUT2D eigenvalue weighted by Gasteiger charge is -2.47. The van der Waals surface area contributed by atoms with Crippen LogP contribution in [0.4, 0.5) is 5.69 Å². The van der Waals surface area contributed by atoms with Crippen molar-refractivity contribution in [3.8, 4) is 0 Å². The zero-order chi connectivity index (χ0) is 20.7. The van der Waals surface area contributed by atoms with Crippen LogP contribution in [-0.4, -0.2) is 35.1 Å². The fourth-order valence-electron chi connectivity index (χ4n) is 4.53. The minimum Gasteiger partial charge on any atom is -0.366 e. The molecule has 2 unspecified atom stereocenters. The first-order chi connectivity index (χ1) is 13.1. The molecular formula is C21H27N3O4. The van der Waals surface area contributed by atoms with Crippen molar-refractivity contribution in [2.75, 3.05) is 11.9 Å². The van der Waals surface area contributed by atoms with Gasteiger partial charge in [-0.2, -0.15) is 0 Å². The SMILES string of the molecule is CC12CCC(C(=O)N(CCCC(=O)Nc3ccccc3C(N)=O)C1=O)C2(C)C. The summed E-state index contributed by atoms with van der Waals surface area (Å²) in [7, 11) is 0. The van der Waals surface area contributed by atoms with E-state index in [0.717, 1.165) is 12.8 Å². The highest BCUT2D eigenvalue weighted by atomic mass is 16.2. The third-order valence-electron chi connectivity index (χ3n) is 6.76. The van der Waals surface area contributed by atoms with Gasteiger partial charge < -0.3 is 11.1 Å². The van der Waals surface area contributed by atoms with E-state index in [1.165, 1.54) is 4.90 Å². The molecule has 1 aliphatic carbocycles. The van der Waals surface area contributed by atoms with Gasteiger partial charge in [-0.1, -0.05) is 32.9 Å². The second-order valence-electron chi connectivity index (χ2n) is 8.50. The molecule has 2 aliphatic rings. The number of primary amides is 1. The van der Waals surface area contributed by atoms with E-state index in [-0.39, 0.29) is 47.6 Å². The number of piperidine rings is 1. The Labute approximate surface area is 164 Å². The number of nitrogens with zero attached hydrogens (tertiary/aromatic N) is 1. The van der Waals surface area contributed by atoms with Crippen LogP contribution in [0.5, 0.6) is 0 Å². The van der Waals surface area contributed by atoms with Crippen LogP contribution in [-0.2, 0) is 14.4 Å². The second kappa shape index (κ2) is 7.04. The lowest BCUT2D eigenvalue weighted by Crippen LogP contribution is -2.59. The Morgan fingerprint density at radius 1 is 1.21 bits per heavy atom. The maximum Gasteiger partial charge on any atom is 0.250 e. The summed E-state index contributed by atoms with van der Waals surface area (Å²) in [5.74, 6) is -1.31. The molecule has 1 saturated carbocycles. The van der Waals surface area contributed by atoms with Gasteiger partial charge in [0, 0.05) is 18.9 Å². The number of nitrogens with two attached hydrogens (primary N) is 1. The van der Waals surface area contributed by atoms with Crippen molar-refractivity contribution in [1.82, 2.24) is 4.90 Å². The van der Waals surface area contributed by atoms with Crippen molar-refractivity contribution in [1.29, 1.82) is 0 Å². The van der Waals surface area contributed by atoms with E-state index in [1.54, 1.807) is 24.3 Å². The maximum atomic E-state index is 13.0. The summed E-state index contributed by atoms with van der Waals surface area (Å²) >= 11 is 0. The average Bonchev–Trinajstić information content (AvgIpc) is 2.82. The normalized spacial score (nSPS) is 25.7. The molecule has 1 aromatic rings. The highest BCUT2D eigenvalue weighted by Crippen LogP contribution is 2.60. The number of anilines is 1. The molecule has 1 saturated heterocycles. The largest absolute Gasteiger partial charge is 0.366 e. The molecule has 7 heteroatoms. The lowest BCUT2D eigenvalue weighted by atomic mass is 9.62. The molecular weight excluding hydrogens is 358 g/mol.